The van der Waals surface area contributed by atoms with Crippen molar-refractivity contribution in [1.82, 2.24) is 15.1 Å². The molecule has 0 unspecified atom stereocenters. The van der Waals surface area contributed by atoms with Crippen LogP contribution >= 0.6 is 0 Å². The zero-order valence-electron chi connectivity index (χ0n) is 30.9. The molecule has 49 heavy (non-hydrogen) atoms. The Morgan fingerprint density at radius 2 is 1.51 bits per heavy atom. The minimum absolute atomic E-state index is 0.0500. The van der Waals surface area contributed by atoms with E-state index in [2.05, 4.69) is 69.1 Å². The van der Waals surface area contributed by atoms with Crippen LogP contribution in [-0.2, 0) is 30.3 Å². The summed E-state index contributed by atoms with van der Waals surface area (Å²) in [5.41, 5.74) is 7.22. The minimum Gasteiger partial charge on any atom is -0.480 e. The van der Waals surface area contributed by atoms with E-state index in [1.807, 2.05) is 4.90 Å². The topological polar surface area (TPSA) is 142 Å². The van der Waals surface area contributed by atoms with E-state index in [-0.39, 0.29) is 29.2 Å². The predicted octanol–water partition coefficient (Wildman–Crippen LogP) is 5.77. The Bertz CT molecular complexity index is 1210. The van der Waals surface area contributed by atoms with E-state index in [4.69, 9.17) is 15.6 Å². The van der Waals surface area contributed by atoms with Crippen LogP contribution in [0.1, 0.15) is 129 Å². The lowest BCUT2D eigenvalue weighted by Crippen LogP contribution is -2.58. The summed E-state index contributed by atoms with van der Waals surface area (Å²) in [4.78, 5) is 54.2. The molecule has 0 bridgehead atoms. The Morgan fingerprint density at radius 1 is 0.878 bits per heavy atom. The van der Waals surface area contributed by atoms with Crippen molar-refractivity contribution < 1.29 is 29.0 Å². The van der Waals surface area contributed by atoms with Crippen LogP contribution in [0, 0.1) is 12.3 Å². The van der Waals surface area contributed by atoms with Gasteiger partial charge in [0, 0.05) is 49.9 Å². The van der Waals surface area contributed by atoms with Crippen LogP contribution in [0.4, 0.5) is 0 Å². The first-order chi connectivity index (χ1) is 23.2. The second-order valence-corrected chi connectivity index (χ2v) is 15.9. The van der Waals surface area contributed by atoms with Crippen molar-refractivity contribution >= 4 is 23.7 Å². The summed E-state index contributed by atoms with van der Waals surface area (Å²) in [6.07, 6.45) is 11.4. The second kappa shape index (κ2) is 19.4. The highest BCUT2D eigenvalue weighted by atomic mass is 16.5. The molecule has 1 aromatic carbocycles. The van der Waals surface area contributed by atoms with Crippen molar-refractivity contribution in [2.75, 3.05) is 26.3 Å². The quantitative estimate of drug-likeness (QED) is 0.124. The van der Waals surface area contributed by atoms with Crippen molar-refractivity contribution in [3.8, 4) is 0 Å². The van der Waals surface area contributed by atoms with Crippen LogP contribution in [0.5, 0.6) is 0 Å². The molecular weight excluding hydrogens is 620 g/mol. The number of carboxylic acids is 1. The number of hydrogen-bond acceptors (Lipinski definition) is 6. The largest absolute Gasteiger partial charge is 0.480 e. The molecule has 1 aromatic rings. The molecule has 2 aliphatic rings. The van der Waals surface area contributed by atoms with Crippen LogP contribution in [-0.4, -0.2) is 88.6 Å². The van der Waals surface area contributed by atoms with Crippen LogP contribution < -0.4 is 11.1 Å². The zero-order chi connectivity index (χ0) is 36.0. The van der Waals surface area contributed by atoms with Gasteiger partial charge in [0.15, 0.2) is 0 Å². The van der Waals surface area contributed by atoms with Crippen molar-refractivity contribution in [2.45, 2.75) is 155 Å². The number of aliphatic carboxylic acids is 1. The third kappa shape index (κ3) is 13.7. The third-order valence-corrected chi connectivity index (χ3v) is 10.1. The maximum atomic E-state index is 13.6. The Morgan fingerprint density at radius 3 is 2.10 bits per heavy atom. The molecule has 2 fully saturated rings. The monoisotopic (exact) mass is 684 g/mol. The molecule has 3 rings (SSSR count). The summed E-state index contributed by atoms with van der Waals surface area (Å²) in [7, 11) is 0. The summed E-state index contributed by atoms with van der Waals surface area (Å²) in [6, 6.07) is 8.10. The van der Waals surface area contributed by atoms with Crippen LogP contribution in [0.3, 0.4) is 0 Å². The number of aryl methyl sites for hydroxylation is 2. The minimum atomic E-state index is -1.00. The highest BCUT2D eigenvalue weighted by Crippen LogP contribution is 2.33. The number of rotatable bonds is 23. The predicted molar refractivity (Wildman–Crippen MR) is 193 cm³/mol. The molecule has 4 N–H and O–H groups in total. The normalized spacial score (nSPS) is 16.0. The molecule has 3 amide bonds. The van der Waals surface area contributed by atoms with Gasteiger partial charge in [-0.1, -0.05) is 43.7 Å². The summed E-state index contributed by atoms with van der Waals surface area (Å²) >= 11 is 0. The Hall–Kier alpha value is -2.98. The van der Waals surface area contributed by atoms with Crippen molar-refractivity contribution in [1.29, 1.82) is 0 Å². The lowest BCUT2D eigenvalue weighted by molar-refractivity contribution is -0.148. The Balaban J connectivity index is 1.42. The summed E-state index contributed by atoms with van der Waals surface area (Å²) < 4.78 is 6.38. The van der Waals surface area contributed by atoms with Gasteiger partial charge in [0.2, 0.25) is 17.7 Å². The number of carboxylic acid groups (broad SMARTS) is 1. The number of unbranched alkanes of at least 4 members (excludes halogenated alkanes) is 2. The number of nitrogens with two attached hydrogens (primary N) is 1. The molecule has 10 heteroatoms. The molecule has 10 nitrogen and oxygen atoms in total. The van der Waals surface area contributed by atoms with Gasteiger partial charge in [-0.2, -0.15) is 0 Å². The van der Waals surface area contributed by atoms with E-state index in [1.165, 1.54) is 17.5 Å². The van der Waals surface area contributed by atoms with Crippen molar-refractivity contribution in [3.05, 3.63) is 35.4 Å². The summed E-state index contributed by atoms with van der Waals surface area (Å²) in [5.74, 6) is -0.722. The number of amides is 3. The molecule has 0 spiro atoms. The van der Waals surface area contributed by atoms with Crippen LogP contribution in [0.25, 0.3) is 0 Å². The van der Waals surface area contributed by atoms with Gasteiger partial charge in [0.1, 0.15) is 6.04 Å². The van der Waals surface area contributed by atoms with Gasteiger partial charge in [-0.05, 0) is 103 Å². The summed E-state index contributed by atoms with van der Waals surface area (Å²) in [6.45, 7) is 12.6. The fraction of sp³-hybridized carbons (Fsp3) is 0.744. The lowest BCUT2D eigenvalue weighted by Gasteiger charge is -2.48. The van der Waals surface area contributed by atoms with Gasteiger partial charge in [-0.15, -0.1) is 0 Å². The first-order valence-corrected chi connectivity index (χ1v) is 18.7. The average molecular weight is 685 g/mol. The lowest BCUT2D eigenvalue weighted by atomic mass is 9.86. The molecular formula is C39H64N4O6. The van der Waals surface area contributed by atoms with E-state index in [0.717, 1.165) is 38.5 Å². The Kier molecular flexibility index (Phi) is 16.0. The maximum absolute atomic E-state index is 13.6. The third-order valence-electron chi connectivity index (χ3n) is 10.1. The van der Waals surface area contributed by atoms with Gasteiger partial charge in [0.25, 0.3) is 0 Å². The molecule has 0 aliphatic heterocycles. The number of ether oxygens (including phenoxy) is 1. The average Bonchev–Trinajstić information content (AvgIpc) is 2.98. The molecule has 1 atom stereocenters. The Labute approximate surface area is 294 Å². The molecule has 0 heterocycles. The molecule has 2 saturated carbocycles. The number of nitrogens with one attached hydrogen (secondary N) is 1. The van der Waals surface area contributed by atoms with Gasteiger partial charge >= 0.3 is 5.97 Å². The first kappa shape index (κ1) is 40.4. The highest BCUT2D eigenvalue weighted by molar-refractivity contribution is 5.78. The van der Waals surface area contributed by atoms with E-state index in [9.17, 15) is 19.2 Å². The summed E-state index contributed by atoms with van der Waals surface area (Å²) in [5, 5.41) is 11.7. The van der Waals surface area contributed by atoms with E-state index < -0.39 is 17.6 Å². The zero-order valence-corrected chi connectivity index (χ0v) is 30.9. The molecule has 0 radical (unpaired) electrons. The fourth-order valence-electron chi connectivity index (χ4n) is 6.71. The number of nitrogens with zero attached hydrogens (tertiary/aromatic N) is 2. The standard InChI is InChI=1S/C39H64N4O6/c1-29-19-21-30(22-20-29)23-24-35(45)42(31-12-10-13-31)26-38(2,3)27-49-28-39(4,5)43(32-14-11-15-32)36(46)18-7-6-17-34(44)41-25-9-8-16-33(40)37(47)48/h19-22,31-33H,6-18,23-28,40H2,1-5H3,(H,41,44)(H,47,48)/t33-/m0/s1. The molecule has 276 valence electrons. The van der Waals surface area contributed by atoms with Gasteiger partial charge < -0.3 is 30.7 Å². The smallest absolute Gasteiger partial charge is 0.320 e. The van der Waals surface area contributed by atoms with Gasteiger partial charge in [0.05, 0.1) is 18.8 Å². The number of benzene rings is 1. The second-order valence-electron chi connectivity index (χ2n) is 15.9. The van der Waals surface area contributed by atoms with Gasteiger partial charge in [-0.25, -0.2) is 0 Å². The van der Waals surface area contributed by atoms with E-state index in [1.54, 1.807) is 0 Å². The molecule has 2 aliphatic carbocycles. The molecule has 0 aromatic heterocycles. The molecule has 0 saturated heterocycles. The first-order valence-electron chi connectivity index (χ1n) is 18.7. The SMILES string of the molecule is Cc1ccc(CCC(=O)N(CC(C)(C)COCC(C)(C)N(C(=O)CCCCC(=O)NCCCC[C@H](N)C(=O)O)C2CCC2)C2CCC2)cc1. The fourth-order valence-corrected chi connectivity index (χ4v) is 6.71. The van der Waals surface area contributed by atoms with Crippen LogP contribution in [0.2, 0.25) is 0 Å². The number of carbonyl (C=O) groups excluding carboxylic acids is 3. The highest BCUT2D eigenvalue weighted by Gasteiger charge is 2.39. The van der Waals surface area contributed by atoms with Crippen molar-refractivity contribution in [3.63, 3.8) is 0 Å². The van der Waals surface area contributed by atoms with Gasteiger partial charge in [-0.3, -0.25) is 19.2 Å². The number of hydrogen-bond donors (Lipinski definition) is 3. The maximum Gasteiger partial charge on any atom is 0.320 e. The van der Waals surface area contributed by atoms with Crippen LogP contribution in [0.15, 0.2) is 24.3 Å². The van der Waals surface area contributed by atoms with Crippen molar-refractivity contribution in [2.24, 2.45) is 11.1 Å². The number of carbonyl (C=O) groups is 4. The van der Waals surface area contributed by atoms with E-state index in [0.29, 0.717) is 83.7 Å². The van der Waals surface area contributed by atoms with E-state index >= 15 is 0 Å².